The molecule has 1 saturated heterocycles. The van der Waals surface area contributed by atoms with E-state index in [9.17, 15) is 4.79 Å². The Morgan fingerprint density at radius 3 is 1.86 bits per heavy atom. The van der Waals surface area contributed by atoms with Crippen molar-refractivity contribution >= 4 is 6.41 Å². The summed E-state index contributed by atoms with van der Waals surface area (Å²) < 4.78 is 5.29. The van der Waals surface area contributed by atoms with Gasteiger partial charge >= 0.3 is 0 Å². The van der Waals surface area contributed by atoms with Gasteiger partial charge in [-0.2, -0.15) is 0 Å². The van der Waals surface area contributed by atoms with Crippen molar-refractivity contribution in [3.63, 3.8) is 0 Å². The van der Waals surface area contributed by atoms with Crippen LogP contribution in [0.2, 0.25) is 0 Å². The van der Waals surface area contributed by atoms with Gasteiger partial charge in [0.05, 0.1) is 13.2 Å². The summed E-state index contributed by atoms with van der Waals surface area (Å²) in [4.78, 5) is 13.4. The summed E-state index contributed by atoms with van der Waals surface area (Å²) in [6.45, 7) is 16.5. The van der Waals surface area contributed by atoms with Gasteiger partial charge < -0.3 is 9.64 Å². The lowest BCUT2D eigenvalue weighted by atomic mass is 10.1. The zero-order valence-corrected chi connectivity index (χ0v) is 15.4. The summed E-state index contributed by atoms with van der Waals surface area (Å²) in [6.07, 6.45) is 3.45. The van der Waals surface area contributed by atoms with Crippen molar-refractivity contribution < 1.29 is 9.53 Å². The second-order valence-electron chi connectivity index (χ2n) is 6.79. The lowest BCUT2D eigenvalue weighted by Crippen LogP contribution is -2.36. The number of amides is 1. The van der Waals surface area contributed by atoms with Gasteiger partial charge in [0.15, 0.2) is 0 Å². The molecule has 1 fully saturated rings. The Bertz CT molecular complexity index is 210. The molecule has 0 aromatic rings. The van der Waals surface area contributed by atoms with E-state index >= 15 is 0 Å². The average molecular weight is 303 g/mol. The zero-order chi connectivity index (χ0) is 16.7. The minimum atomic E-state index is 0.750. The van der Waals surface area contributed by atoms with Gasteiger partial charge in [0, 0.05) is 27.2 Å². The van der Waals surface area contributed by atoms with Crippen molar-refractivity contribution in [2.45, 2.75) is 47.5 Å². The van der Waals surface area contributed by atoms with Crippen LogP contribution in [0, 0.1) is 11.8 Å². The van der Waals surface area contributed by atoms with E-state index in [0.717, 1.165) is 44.5 Å². The molecule has 0 bridgehead atoms. The fourth-order valence-corrected chi connectivity index (χ4v) is 1.55. The highest BCUT2D eigenvalue weighted by molar-refractivity contribution is 5.45. The lowest BCUT2D eigenvalue weighted by molar-refractivity contribution is -0.115. The van der Waals surface area contributed by atoms with E-state index in [-0.39, 0.29) is 0 Å². The molecule has 0 radical (unpaired) electrons. The van der Waals surface area contributed by atoms with E-state index in [0.29, 0.717) is 0 Å². The number of hydrogen-bond donors (Lipinski definition) is 0. The van der Waals surface area contributed by atoms with Gasteiger partial charge in [-0.25, -0.2) is 0 Å². The Morgan fingerprint density at radius 2 is 1.52 bits per heavy atom. The van der Waals surface area contributed by atoms with Gasteiger partial charge in [-0.1, -0.05) is 34.6 Å². The average Bonchev–Trinajstić information content (AvgIpc) is 2.39. The Labute approximate surface area is 132 Å². The normalized spacial score (nSPS) is 14.9. The van der Waals surface area contributed by atoms with E-state index in [1.54, 1.807) is 14.1 Å². The molecule has 1 amide bonds. The van der Waals surface area contributed by atoms with Crippen LogP contribution in [0.25, 0.3) is 0 Å². The molecule has 0 saturated carbocycles. The number of morpholine rings is 1. The topological polar surface area (TPSA) is 32.8 Å². The summed E-state index contributed by atoms with van der Waals surface area (Å²) in [5, 5.41) is 0. The lowest BCUT2D eigenvalue weighted by Gasteiger charge is -2.26. The van der Waals surface area contributed by atoms with Crippen LogP contribution in [0.5, 0.6) is 0 Å². The number of rotatable bonds is 5. The van der Waals surface area contributed by atoms with Gasteiger partial charge in [-0.05, 0) is 31.2 Å². The molecule has 128 valence electrons. The predicted molar refractivity (Wildman–Crippen MR) is 91.6 cm³/mol. The maximum absolute atomic E-state index is 9.43. The number of carbonyl (C=O) groups is 1. The first-order chi connectivity index (χ1) is 9.79. The fourth-order valence-electron chi connectivity index (χ4n) is 1.55. The van der Waals surface area contributed by atoms with Gasteiger partial charge in [0.25, 0.3) is 0 Å². The van der Waals surface area contributed by atoms with E-state index in [4.69, 9.17) is 4.74 Å². The molecule has 21 heavy (non-hydrogen) atoms. The van der Waals surface area contributed by atoms with Gasteiger partial charge in [-0.15, -0.1) is 0 Å². The molecule has 1 aliphatic rings. The monoisotopic (exact) mass is 302 g/mol. The predicted octanol–water partition coefficient (Wildman–Crippen LogP) is 3.12. The van der Waals surface area contributed by atoms with Crippen molar-refractivity contribution in [1.82, 2.24) is 9.80 Å². The number of carbonyl (C=O) groups excluding carboxylic acids is 1. The molecule has 0 aromatic heterocycles. The summed E-state index contributed by atoms with van der Waals surface area (Å²) >= 11 is 0. The summed E-state index contributed by atoms with van der Waals surface area (Å²) in [5.41, 5.74) is 0. The standard InChI is InChI=1S/C10H21NO.C4H10.C3H7NO/c1-10(2)4-3-5-11-6-8-12-9-7-11;1-4(2)3;1-4(2)3-5/h10H,3-9H2,1-2H3;4H,1-3H3;3H,1-2H3. The van der Waals surface area contributed by atoms with Gasteiger partial charge in [0.2, 0.25) is 6.41 Å². The van der Waals surface area contributed by atoms with Crippen LogP contribution in [-0.2, 0) is 9.53 Å². The maximum Gasteiger partial charge on any atom is 0.209 e. The first-order valence-corrected chi connectivity index (χ1v) is 8.21. The number of nitrogens with zero attached hydrogens (tertiary/aromatic N) is 2. The van der Waals surface area contributed by atoms with Crippen LogP contribution in [0.4, 0.5) is 0 Å². The first-order valence-electron chi connectivity index (χ1n) is 8.21. The molecular weight excluding hydrogens is 264 g/mol. The van der Waals surface area contributed by atoms with Crippen LogP contribution in [0.3, 0.4) is 0 Å². The molecule has 0 N–H and O–H groups in total. The van der Waals surface area contributed by atoms with Crippen molar-refractivity contribution in [3.8, 4) is 0 Å². The molecule has 4 nitrogen and oxygen atoms in total. The van der Waals surface area contributed by atoms with E-state index < -0.39 is 0 Å². The van der Waals surface area contributed by atoms with Crippen LogP contribution < -0.4 is 0 Å². The van der Waals surface area contributed by atoms with Crippen LogP contribution in [0.15, 0.2) is 0 Å². The maximum atomic E-state index is 9.43. The molecule has 0 unspecified atom stereocenters. The fraction of sp³-hybridized carbons (Fsp3) is 0.941. The second-order valence-corrected chi connectivity index (χ2v) is 6.79. The third kappa shape index (κ3) is 24.8. The Hall–Kier alpha value is -0.610. The number of hydrogen-bond acceptors (Lipinski definition) is 3. The largest absolute Gasteiger partial charge is 0.379 e. The van der Waals surface area contributed by atoms with E-state index in [2.05, 4.69) is 39.5 Å². The summed E-state index contributed by atoms with van der Waals surface area (Å²) in [6, 6.07) is 0. The summed E-state index contributed by atoms with van der Waals surface area (Å²) in [5.74, 6) is 1.69. The molecular formula is C17H38N2O2. The van der Waals surface area contributed by atoms with Crippen LogP contribution in [-0.4, -0.2) is 63.2 Å². The molecule has 0 atom stereocenters. The Kier molecular flexibility index (Phi) is 17.0. The smallest absolute Gasteiger partial charge is 0.209 e. The minimum absolute atomic E-state index is 0.750. The first kappa shape index (κ1) is 22.7. The molecule has 1 heterocycles. The van der Waals surface area contributed by atoms with E-state index in [1.807, 2.05) is 0 Å². The van der Waals surface area contributed by atoms with Crippen molar-refractivity contribution in [2.75, 3.05) is 46.9 Å². The van der Waals surface area contributed by atoms with Gasteiger partial charge in [-0.3, -0.25) is 9.69 Å². The summed E-state index contributed by atoms with van der Waals surface area (Å²) in [7, 11) is 3.38. The SMILES string of the molecule is CC(C)C.CC(C)CCCN1CCOCC1.CN(C)C=O. The molecule has 0 aliphatic carbocycles. The van der Waals surface area contributed by atoms with Crippen molar-refractivity contribution in [3.05, 3.63) is 0 Å². The quantitative estimate of drug-likeness (QED) is 0.732. The Morgan fingerprint density at radius 1 is 1.10 bits per heavy atom. The highest BCUT2D eigenvalue weighted by Gasteiger charge is 2.09. The minimum Gasteiger partial charge on any atom is -0.379 e. The van der Waals surface area contributed by atoms with Crippen molar-refractivity contribution in [2.24, 2.45) is 11.8 Å². The highest BCUT2D eigenvalue weighted by Crippen LogP contribution is 2.05. The zero-order valence-electron chi connectivity index (χ0n) is 15.4. The Balaban J connectivity index is 0. The third-order valence-corrected chi connectivity index (χ3v) is 2.57. The van der Waals surface area contributed by atoms with Gasteiger partial charge in [0.1, 0.15) is 0 Å². The highest BCUT2D eigenvalue weighted by atomic mass is 16.5. The molecule has 0 spiro atoms. The van der Waals surface area contributed by atoms with E-state index in [1.165, 1.54) is 24.3 Å². The number of ether oxygens (including phenoxy) is 1. The van der Waals surface area contributed by atoms with Crippen LogP contribution in [0.1, 0.15) is 47.5 Å². The molecule has 1 aliphatic heterocycles. The molecule has 4 heteroatoms. The van der Waals surface area contributed by atoms with Crippen molar-refractivity contribution in [1.29, 1.82) is 0 Å². The van der Waals surface area contributed by atoms with Crippen LogP contribution >= 0.6 is 0 Å². The molecule has 0 aromatic carbocycles. The molecule has 1 rings (SSSR count). The second kappa shape index (κ2) is 15.8. The third-order valence-electron chi connectivity index (χ3n) is 2.57.